The lowest BCUT2D eigenvalue weighted by Crippen LogP contribution is -2.49. The average molecular weight is 468 g/mol. The Hall–Kier alpha value is -2.49. The van der Waals surface area contributed by atoms with Gasteiger partial charge in [-0.1, -0.05) is 11.6 Å². The van der Waals surface area contributed by atoms with Crippen molar-refractivity contribution in [2.45, 2.75) is 18.2 Å². The molecule has 166 valence electrons. The Bertz CT molecular complexity index is 1070. The van der Waals surface area contributed by atoms with E-state index in [0.29, 0.717) is 31.7 Å². The van der Waals surface area contributed by atoms with Gasteiger partial charge in [-0.3, -0.25) is 9.59 Å². The van der Waals surface area contributed by atoms with E-state index in [9.17, 15) is 22.4 Å². The molecule has 2 aromatic carbocycles. The van der Waals surface area contributed by atoms with Gasteiger partial charge in [0.2, 0.25) is 15.9 Å². The molecule has 31 heavy (non-hydrogen) atoms. The number of Topliss-reactive ketones (excluding diaryl/α,β-unsaturated/α-hetero) is 1. The molecule has 1 fully saturated rings. The Morgan fingerprint density at radius 2 is 1.71 bits per heavy atom. The van der Waals surface area contributed by atoms with Crippen LogP contribution in [0.2, 0.25) is 5.02 Å². The summed E-state index contributed by atoms with van der Waals surface area (Å²) in [6, 6.07) is 10.5. The van der Waals surface area contributed by atoms with Gasteiger partial charge in [0.25, 0.3) is 0 Å². The molecule has 0 aliphatic carbocycles. The van der Waals surface area contributed by atoms with Gasteiger partial charge in [-0.15, -0.1) is 0 Å². The zero-order valence-electron chi connectivity index (χ0n) is 17.0. The molecule has 1 aliphatic rings. The smallest absolute Gasteiger partial charge is 0.240 e. The van der Waals surface area contributed by atoms with Gasteiger partial charge in [-0.25, -0.2) is 17.5 Å². The molecule has 1 N–H and O–H groups in total. The van der Waals surface area contributed by atoms with Crippen LogP contribution in [0.1, 0.15) is 23.7 Å². The Balaban J connectivity index is 1.47. The van der Waals surface area contributed by atoms with Crippen molar-refractivity contribution in [3.05, 3.63) is 58.9 Å². The molecule has 0 aromatic heterocycles. The van der Waals surface area contributed by atoms with Crippen molar-refractivity contribution in [1.82, 2.24) is 9.62 Å². The second-order valence-electron chi connectivity index (χ2n) is 7.19. The predicted octanol–water partition coefficient (Wildman–Crippen LogP) is 2.70. The molecule has 2 aromatic rings. The summed E-state index contributed by atoms with van der Waals surface area (Å²) >= 11 is 5.64. The van der Waals surface area contributed by atoms with Gasteiger partial charge in [0.05, 0.1) is 9.92 Å². The van der Waals surface area contributed by atoms with E-state index in [1.54, 1.807) is 17.0 Å². The summed E-state index contributed by atoms with van der Waals surface area (Å²) in [6.07, 6.45) is 0.0153. The fourth-order valence-electron chi connectivity index (χ4n) is 3.30. The fraction of sp³-hybridized carbons (Fsp3) is 0.333. The van der Waals surface area contributed by atoms with Crippen LogP contribution in [0.3, 0.4) is 0 Å². The van der Waals surface area contributed by atoms with Crippen LogP contribution in [-0.2, 0) is 14.8 Å². The lowest BCUT2D eigenvalue weighted by molar-refractivity contribution is -0.131. The number of hydrogen-bond donors (Lipinski definition) is 1. The summed E-state index contributed by atoms with van der Waals surface area (Å²) in [6.45, 7) is 3.79. The van der Waals surface area contributed by atoms with Crippen LogP contribution >= 0.6 is 11.6 Å². The summed E-state index contributed by atoms with van der Waals surface area (Å²) in [7, 11) is -3.88. The number of ketones is 1. The highest BCUT2D eigenvalue weighted by atomic mass is 35.5. The number of halogens is 2. The first-order valence-corrected chi connectivity index (χ1v) is 11.6. The molecule has 0 radical (unpaired) electrons. The second-order valence-corrected chi connectivity index (χ2v) is 9.37. The number of amides is 1. The molecule has 1 saturated heterocycles. The molecular formula is C21H23ClFN3O4S. The average Bonchev–Trinajstić information content (AvgIpc) is 2.75. The normalized spacial score (nSPS) is 14.5. The minimum atomic E-state index is -3.88. The summed E-state index contributed by atoms with van der Waals surface area (Å²) in [4.78, 5) is 27.5. The van der Waals surface area contributed by atoms with Gasteiger partial charge in [0.1, 0.15) is 5.82 Å². The molecule has 1 amide bonds. The minimum Gasteiger partial charge on any atom is -0.368 e. The van der Waals surface area contributed by atoms with Crippen molar-refractivity contribution in [2.24, 2.45) is 0 Å². The van der Waals surface area contributed by atoms with Crippen molar-refractivity contribution >= 4 is 39.0 Å². The third-order valence-electron chi connectivity index (χ3n) is 5.10. The predicted molar refractivity (Wildman–Crippen MR) is 116 cm³/mol. The van der Waals surface area contributed by atoms with Crippen molar-refractivity contribution in [3.8, 4) is 0 Å². The second kappa shape index (κ2) is 9.76. The van der Waals surface area contributed by atoms with Crippen LogP contribution in [0.15, 0.2) is 47.4 Å². The number of rotatable bonds is 7. The van der Waals surface area contributed by atoms with Gasteiger partial charge >= 0.3 is 0 Å². The molecule has 3 rings (SSSR count). The van der Waals surface area contributed by atoms with Crippen LogP contribution in [0.5, 0.6) is 0 Å². The molecule has 0 atom stereocenters. The summed E-state index contributed by atoms with van der Waals surface area (Å²) in [5, 5.41) is -0.284. The van der Waals surface area contributed by atoms with E-state index in [1.807, 2.05) is 12.1 Å². The molecule has 0 saturated carbocycles. The third-order valence-corrected chi connectivity index (χ3v) is 6.85. The van der Waals surface area contributed by atoms with Gasteiger partial charge in [-0.2, -0.15) is 0 Å². The Morgan fingerprint density at radius 1 is 1.06 bits per heavy atom. The molecular weight excluding hydrogens is 445 g/mol. The van der Waals surface area contributed by atoms with E-state index in [-0.39, 0.29) is 34.6 Å². The van der Waals surface area contributed by atoms with Gasteiger partial charge in [0, 0.05) is 50.4 Å². The number of nitrogens with one attached hydrogen (secondary N) is 1. The Labute approximate surface area is 185 Å². The fourth-order valence-corrected chi connectivity index (χ4v) is 4.60. The standard InChI is InChI=1S/C21H23ClFN3O4S/c1-15(27)16-2-4-17(5-3-16)25-10-12-26(13-11-25)21(28)8-9-24-31(29,30)18-6-7-20(23)19(22)14-18/h2-7,14,24H,8-13H2,1H3. The van der Waals surface area contributed by atoms with E-state index < -0.39 is 15.8 Å². The van der Waals surface area contributed by atoms with E-state index >= 15 is 0 Å². The first-order chi connectivity index (χ1) is 14.7. The van der Waals surface area contributed by atoms with Crippen molar-refractivity contribution < 1.29 is 22.4 Å². The highest BCUT2D eigenvalue weighted by Crippen LogP contribution is 2.20. The van der Waals surface area contributed by atoms with E-state index in [4.69, 9.17) is 11.6 Å². The van der Waals surface area contributed by atoms with Crippen molar-refractivity contribution in [2.75, 3.05) is 37.6 Å². The van der Waals surface area contributed by atoms with E-state index in [0.717, 1.165) is 23.9 Å². The summed E-state index contributed by atoms with van der Waals surface area (Å²) < 4.78 is 40.1. The highest BCUT2D eigenvalue weighted by molar-refractivity contribution is 7.89. The monoisotopic (exact) mass is 467 g/mol. The van der Waals surface area contributed by atoms with Crippen LogP contribution in [0.4, 0.5) is 10.1 Å². The quantitative estimate of drug-likeness (QED) is 0.633. The van der Waals surface area contributed by atoms with E-state index in [1.165, 1.54) is 6.92 Å². The van der Waals surface area contributed by atoms with Crippen LogP contribution in [0, 0.1) is 5.82 Å². The van der Waals surface area contributed by atoms with Gasteiger partial charge in [0.15, 0.2) is 5.78 Å². The number of carbonyl (C=O) groups is 2. The van der Waals surface area contributed by atoms with Crippen molar-refractivity contribution in [1.29, 1.82) is 0 Å². The van der Waals surface area contributed by atoms with Crippen LogP contribution in [-0.4, -0.2) is 57.7 Å². The maximum atomic E-state index is 13.2. The third kappa shape index (κ3) is 5.81. The minimum absolute atomic E-state index is 0.0140. The molecule has 0 unspecified atom stereocenters. The number of carbonyl (C=O) groups excluding carboxylic acids is 2. The first kappa shape index (κ1) is 23.2. The molecule has 0 spiro atoms. The zero-order chi connectivity index (χ0) is 22.6. The lowest BCUT2D eigenvalue weighted by atomic mass is 10.1. The number of hydrogen-bond acceptors (Lipinski definition) is 5. The van der Waals surface area contributed by atoms with Crippen molar-refractivity contribution in [3.63, 3.8) is 0 Å². The number of piperazine rings is 1. The summed E-state index contributed by atoms with van der Waals surface area (Å²) in [5.74, 6) is -0.837. The van der Waals surface area contributed by atoms with Crippen LogP contribution < -0.4 is 9.62 Å². The Kier molecular flexibility index (Phi) is 7.30. The topological polar surface area (TPSA) is 86.8 Å². The number of benzene rings is 2. The molecule has 7 nitrogen and oxygen atoms in total. The largest absolute Gasteiger partial charge is 0.368 e. The first-order valence-electron chi connectivity index (χ1n) is 9.76. The highest BCUT2D eigenvalue weighted by Gasteiger charge is 2.22. The van der Waals surface area contributed by atoms with Gasteiger partial charge in [-0.05, 0) is 49.4 Å². The number of sulfonamides is 1. The van der Waals surface area contributed by atoms with E-state index in [2.05, 4.69) is 9.62 Å². The summed E-state index contributed by atoms with van der Waals surface area (Å²) in [5.41, 5.74) is 1.64. The van der Waals surface area contributed by atoms with Crippen LogP contribution in [0.25, 0.3) is 0 Å². The maximum Gasteiger partial charge on any atom is 0.240 e. The molecule has 0 bridgehead atoms. The maximum absolute atomic E-state index is 13.2. The zero-order valence-corrected chi connectivity index (χ0v) is 18.5. The van der Waals surface area contributed by atoms with Gasteiger partial charge < -0.3 is 9.80 Å². The lowest BCUT2D eigenvalue weighted by Gasteiger charge is -2.36. The molecule has 10 heteroatoms. The molecule has 1 heterocycles. The SMILES string of the molecule is CC(=O)c1ccc(N2CCN(C(=O)CCNS(=O)(=O)c3ccc(F)c(Cl)c3)CC2)cc1. The Morgan fingerprint density at radius 3 is 2.29 bits per heavy atom. The number of anilines is 1. The number of nitrogens with zero attached hydrogens (tertiary/aromatic N) is 2. The molecule has 1 aliphatic heterocycles.